The Morgan fingerprint density at radius 1 is 1.00 bits per heavy atom. The summed E-state index contributed by atoms with van der Waals surface area (Å²) in [7, 11) is 0. The van der Waals surface area contributed by atoms with Crippen LogP contribution in [0.25, 0.3) is 0 Å². The molecule has 2 saturated heterocycles. The minimum absolute atomic E-state index is 0.180. The zero-order valence-electron chi connectivity index (χ0n) is 15.0. The molecule has 0 radical (unpaired) electrons. The lowest BCUT2D eigenvalue weighted by atomic mass is 10.0. The number of esters is 1. The van der Waals surface area contributed by atoms with E-state index in [4.69, 9.17) is 18.9 Å². The summed E-state index contributed by atoms with van der Waals surface area (Å²) >= 11 is 1.56. The first-order valence-electron chi connectivity index (χ1n) is 9.05. The lowest BCUT2D eigenvalue weighted by Gasteiger charge is -2.44. The Bertz CT molecular complexity index is 754. The average Bonchev–Trinajstić information content (AvgIpc) is 2.69. The second kappa shape index (κ2) is 8.44. The largest absolute Gasteiger partial charge is 0.459 e. The van der Waals surface area contributed by atoms with Crippen molar-refractivity contribution in [1.82, 2.24) is 0 Å². The summed E-state index contributed by atoms with van der Waals surface area (Å²) in [5.74, 6) is -0.313. The summed E-state index contributed by atoms with van der Waals surface area (Å²) < 4.78 is 23.8. The number of carbonyl (C=O) groups is 1. The molecule has 6 heteroatoms. The Labute approximate surface area is 163 Å². The summed E-state index contributed by atoms with van der Waals surface area (Å²) in [5, 5.41) is 0. The van der Waals surface area contributed by atoms with E-state index in [2.05, 4.69) is 0 Å². The van der Waals surface area contributed by atoms with Crippen LogP contribution in [0.1, 0.15) is 25.2 Å². The molecule has 5 atom stereocenters. The molecule has 2 unspecified atom stereocenters. The standard InChI is InChI=1S/C21H22O5S/c1-14(22)24-18-12-17-19(26-21(18)27-16-10-6-3-7-11-16)13-23-20(25-17)15-8-4-2-5-9-15/h2-11,17-21H,12-13H2,1H3/t17-,18+,19+,20?,21?/m0/s1. The van der Waals surface area contributed by atoms with E-state index >= 15 is 0 Å². The maximum atomic E-state index is 11.6. The Balaban J connectivity index is 1.47. The second-order valence-electron chi connectivity index (χ2n) is 6.61. The number of fused-ring (bicyclic) bond motifs is 1. The maximum Gasteiger partial charge on any atom is 0.303 e. The van der Waals surface area contributed by atoms with Gasteiger partial charge in [0.25, 0.3) is 0 Å². The zero-order chi connectivity index (χ0) is 18.6. The first kappa shape index (κ1) is 18.5. The Kier molecular flexibility index (Phi) is 5.78. The number of rotatable bonds is 4. The van der Waals surface area contributed by atoms with E-state index in [-0.39, 0.29) is 29.7 Å². The van der Waals surface area contributed by atoms with E-state index in [1.807, 2.05) is 60.7 Å². The minimum atomic E-state index is -0.424. The highest BCUT2D eigenvalue weighted by atomic mass is 32.2. The Morgan fingerprint density at radius 2 is 1.70 bits per heavy atom. The number of hydrogen-bond donors (Lipinski definition) is 0. The van der Waals surface area contributed by atoms with Gasteiger partial charge in [-0.3, -0.25) is 4.79 Å². The molecule has 0 saturated carbocycles. The summed E-state index contributed by atoms with van der Waals surface area (Å²) in [6.07, 6.45) is -0.573. The predicted molar refractivity (Wildman–Crippen MR) is 101 cm³/mol. The molecule has 2 heterocycles. The van der Waals surface area contributed by atoms with Gasteiger partial charge in [0.2, 0.25) is 0 Å². The van der Waals surface area contributed by atoms with Gasteiger partial charge in [0.15, 0.2) is 6.29 Å². The summed E-state index contributed by atoms with van der Waals surface area (Å²) in [6.45, 7) is 1.87. The molecule has 2 aromatic rings. The van der Waals surface area contributed by atoms with E-state index in [9.17, 15) is 4.79 Å². The van der Waals surface area contributed by atoms with Crippen molar-refractivity contribution in [3.63, 3.8) is 0 Å². The van der Waals surface area contributed by atoms with Crippen molar-refractivity contribution in [2.45, 2.75) is 48.3 Å². The van der Waals surface area contributed by atoms with E-state index in [0.717, 1.165) is 10.5 Å². The zero-order valence-corrected chi connectivity index (χ0v) is 15.8. The van der Waals surface area contributed by atoms with Crippen LogP contribution in [0.5, 0.6) is 0 Å². The van der Waals surface area contributed by atoms with Crippen LogP contribution < -0.4 is 0 Å². The van der Waals surface area contributed by atoms with Crippen LogP contribution in [0.3, 0.4) is 0 Å². The molecular formula is C21H22O5S. The SMILES string of the molecule is CC(=O)O[C@@H]1C[C@@H]2OC(c3ccccc3)OC[C@H]2OC1Sc1ccccc1. The van der Waals surface area contributed by atoms with E-state index in [1.165, 1.54) is 6.92 Å². The molecule has 2 fully saturated rings. The van der Waals surface area contributed by atoms with Gasteiger partial charge < -0.3 is 18.9 Å². The molecule has 0 aliphatic carbocycles. The highest BCUT2D eigenvalue weighted by Crippen LogP contribution is 2.39. The van der Waals surface area contributed by atoms with Gasteiger partial charge in [0.1, 0.15) is 17.6 Å². The van der Waals surface area contributed by atoms with Gasteiger partial charge in [-0.2, -0.15) is 0 Å². The quantitative estimate of drug-likeness (QED) is 0.742. The molecule has 0 aromatic heterocycles. The van der Waals surface area contributed by atoms with Crippen LogP contribution in [0, 0.1) is 0 Å². The van der Waals surface area contributed by atoms with Gasteiger partial charge in [-0.1, -0.05) is 60.3 Å². The van der Waals surface area contributed by atoms with Gasteiger partial charge in [-0.15, -0.1) is 0 Å². The van der Waals surface area contributed by atoms with Crippen molar-refractivity contribution in [1.29, 1.82) is 0 Å². The minimum Gasteiger partial charge on any atom is -0.459 e. The summed E-state index contributed by atoms with van der Waals surface area (Å²) in [4.78, 5) is 12.7. The topological polar surface area (TPSA) is 54.0 Å². The highest BCUT2D eigenvalue weighted by molar-refractivity contribution is 7.99. The third-order valence-electron chi connectivity index (χ3n) is 4.59. The second-order valence-corrected chi connectivity index (χ2v) is 7.78. The van der Waals surface area contributed by atoms with Crippen molar-refractivity contribution in [2.75, 3.05) is 6.61 Å². The molecule has 2 aromatic carbocycles. The molecule has 142 valence electrons. The summed E-state index contributed by atoms with van der Waals surface area (Å²) in [5.41, 5.74) is 0.679. The number of benzene rings is 2. The molecule has 0 N–H and O–H groups in total. The highest BCUT2D eigenvalue weighted by Gasteiger charge is 2.44. The van der Waals surface area contributed by atoms with Crippen molar-refractivity contribution >= 4 is 17.7 Å². The molecule has 2 aliphatic heterocycles. The molecule has 5 nitrogen and oxygen atoms in total. The predicted octanol–water partition coefficient (Wildman–Crippen LogP) is 3.94. The van der Waals surface area contributed by atoms with Crippen LogP contribution in [-0.4, -0.2) is 36.3 Å². The molecule has 27 heavy (non-hydrogen) atoms. The lowest BCUT2D eigenvalue weighted by Crippen LogP contribution is -2.53. The smallest absolute Gasteiger partial charge is 0.303 e. The van der Waals surface area contributed by atoms with Crippen LogP contribution in [0.4, 0.5) is 0 Å². The third kappa shape index (κ3) is 4.52. The van der Waals surface area contributed by atoms with Crippen molar-refractivity contribution in [3.05, 3.63) is 66.2 Å². The van der Waals surface area contributed by atoms with Crippen LogP contribution in [0.15, 0.2) is 65.6 Å². The fourth-order valence-electron chi connectivity index (χ4n) is 3.35. The first-order valence-corrected chi connectivity index (χ1v) is 9.93. The third-order valence-corrected chi connectivity index (χ3v) is 5.78. The molecule has 0 amide bonds. The Hall–Kier alpha value is -1.86. The Morgan fingerprint density at radius 3 is 2.41 bits per heavy atom. The van der Waals surface area contributed by atoms with Crippen molar-refractivity contribution in [3.8, 4) is 0 Å². The van der Waals surface area contributed by atoms with Crippen molar-refractivity contribution < 1.29 is 23.7 Å². The first-order chi connectivity index (χ1) is 13.2. The summed E-state index contributed by atoms with van der Waals surface area (Å²) in [6, 6.07) is 19.8. The van der Waals surface area contributed by atoms with Crippen LogP contribution in [0.2, 0.25) is 0 Å². The van der Waals surface area contributed by atoms with Crippen LogP contribution in [-0.2, 0) is 23.7 Å². The van der Waals surface area contributed by atoms with Gasteiger partial charge in [0.05, 0.1) is 12.7 Å². The number of carbonyl (C=O) groups excluding carboxylic acids is 1. The fraction of sp³-hybridized carbons (Fsp3) is 0.381. The van der Waals surface area contributed by atoms with E-state index < -0.39 is 6.29 Å². The number of ether oxygens (including phenoxy) is 4. The normalized spacial score (nSPS) is 30.3. The van der Waals surface area contributed by atoms with Gasteiger partial charge in [0, 0.05) is 23.8 Å². The van der Waals surface area contributed by atoms with E-state index in [1.54, 1.807) is 11.8 Å². The molecule has 2 aliphatic rings. The number of hydrogen-bond acceptors (Lipinski definition) is 6. The van der Waals surface area contributed by atoms with Crippen LogP contribution >= 0.6 is 11.8 Å². The lowest BCUT2D eigenvalue weighted by molar-refractivity contribution is -0.293. The monoisotopic (exact) mass is 386 g/mol. The molecular weight excluding hydrogens is 364 g/mol. The molecule has 4 rings (SSSR count). The maximum absolute atomic E-state index is 11.6. The fourth-order valence-corrected chi connectivity index (χ4v) is 4.45. The average molecular weight is 386 g/mol. The van der Waals surface area contributed by atoms with E-state index in [0.29, 0.717) is 13.0 Å². The molecule has 0 bridgehead atoms. The van der Waals surface area contributed by atoms with Gasteiger partial charge in [-0.25, -0.2) is 0 Å². The van der Waals surface area contributed by atoms with Gasteiger partial charge in [-0.05, 0) is 12.1 Å². The van der Waals surface area contributed by atoms with Gasteiger partial charge >= 0.3 is 5.97 Å². The number of thioether (sulfide) groups is 1. The molecule has 0 spiro atoms. The van der Waals surface area contributed by atoms with Crippen molar-refractivity contribution in [2.24, 2.45) is 0 Å².